The van der Waals surface area contributed by atoms with Crippen molar-refractivity contribution in [2.75, 3.05) is 20.1 Å². The molecule has 86 valence electrons. The topological polar surface area (TPSA) is 24.1 Å². The Bertz CT molecular complexity index is 350. The molecule has 2 N–H and O–H groups in total. The maximum absolute atomic E-state index is 4.21. The van der Waals surface area contributed by atoms with E-state index < -0.39 is 0 Å². The zero-order valence-electron chi connectivity index (χ0n) is 9.92. The van der Waals surface area contributed by atoms with Crippen LogP contribution in [0, 0.1) is 0 Å². The molecule has 0 bridgehead atoms. The third-order valence-electron chi connectivity index (χ3n) is 3.66. The molecule has 0 amide bonds. The van der Waals surface area contributed by atoms with Gasteiger partial charge in [-0.05, 0) is 31.5 Å². The van der Waals surface area contributed by atoms with E-state index >= 15 is 0 Å². The molecule has 16 heavy (non-hydrogen) atoms. The largest absolute Gasteiger partial charge is 0.391 e. The zero-order valence-corrected chi connectivity index (χ0v) is 9.92. The number of hydrogen-bond donors (Lipinski definition) is 2. The third kappa shape index (κ3) is 1.85. The normalized spacial score (nSPS) is 19.1. The molecule has 0 spiro atoms. The molecule has 2 nitrogen and oxygen atoms in total. The minimum Gasteiger partial charge on any atom is -0.391 e. The Morgan fingerprint density at radius 2 is 1.88 bits per heavy atom. The Morgan fingerprint density at radius 3 is 2.44 bits per heavy atom. The van der Waals surface area contributed by atoms with Crippen molar-refractivity contribution in [1.82, 2.24) is 10.6 Å². The molecule has 0 saturated carbocycles. The van der Waals surface area contributed by atoms with Crippen molar-refractivity contribution in [1.29, 1.82) is 0 Å². The van der Waals surface area contributed by atoms with Gasteiger partial charge in [-0.25, -0.2) is 0 Å². The molecule has 0 atom stereocenters. The summed E-state index contributed by atoms with van der Waals surface area (Å²) in [5, 5.41) is 6.67. The highest BCUT2D eigenvalue weighted by Gasteiger charge is 2.36. The van der Waals surface area contributed by atoms with Gasteiger partial charge in [0.05, 0.1) is 0 Å². The van der Waals surface area contributed by atoms with E-state index in [9.17, 15) is 0 Å². The van der Waals surface area contributed by atoms with Gasteiger partial charge in [-0.3, -0.25) is 0 Å². The summed E-state index contributed by atoms with van der Waals surface area (Å²) in [6.45, 7) is 6.34. The molecule has 2 rings (SSSR count). The lowest BCUT2D eigenvalue weighted by molar-refractivity contribution is 0.344. The first kappa shape index (κ1) is 11.2. The minimum atomic E-state index is 0.112. The van der Waals surface area contributed by atoms with E-state index in [4.69, 9.17) is 0 Å². The fraction of sp³-hybridized carbons (Fsp3) is 0.429. The van der Waals surface area contributed by atoms with Crippen LogP contribution in [0.15, 0.2) is 42.6 Å². The summed E-state index contributed by atoms with van der Waals surface area (Å²) in [4.78, 5) is 0. The zero-order chi connectivity index (χ0) is 11.4. The van der Waals surface area contributed by atoms with Crippen molar-refractivity contribution in [3.63, 3.8) is 0 Å². The average molecular weight is 216 g/mol. The molecular weight excluding hydrogens is 196 g/mol. The summed E-state index contributed by atoms with van der Waals surface area (Å²) in [6.07, 6.45) is 2.24. The van der Waals surface area contributed by atoms with Crippen LogP contribution in [0.5, 0.6) is 0 Å². The van der Waals surface area contributed by atoms with Crippen LogP contribution >= 0.6 is 0 Å². The van der Waals surface area contributed by atoms with Gasteiger partial charge in [-0.2, -0.15) is 0 Å². The van der Waals surface area contributed by atoms with Gasteiger partial charge in [0.1, 0.15) is 0 Å². The van der Waals surface area contributed by atoms with Gasteiger partial charge in [-0.1, -0.05) is 36.9 Å². The summed E-state index contributed by atoms with van der Waals surface area (Å²) >= 11 is 0. The molecule has 1 aliphatic heterocycles. The second kappa shape index (κ2) is 4.71. The fourth-order valence-electron chi connectivity index (χ4n) is 2.61. The Morgan fingerprint density at radius 1 is 1.25 bits per heavy atom. The van der Waals surface area contributed by atoms with Gasteiger partial charge in [0, 0.05) is 18.2 Å². The standard InChI is InChI=1S/C14H20N2/c1-12(15-2)14(8-10-16-11-9-14)13-6-4-3-5-7-13/h3-7,15-16H,1,8-11H2,2H3. The maximum Gasteiger partial charge on any atom is 0.0368 e. The van der Waals surface area contributed by atoms with Gasteiger partial charge in [0.2, 0.25) is 0 Å². The van der Waals surface area contributed by atoms with Gasteiger partial charge in [0.15, 0.2) is 0 Å². The van der Waals surface area contributed by atoms with Crippen LogP contribution in [0.3, 0.4) is 0 Å². The van der Waals surface area contributed by atoms with Gasteiger partial charge < -0.3 is 10.6 Å². The van der Waals surface area contributed by atoms with Crippen LogP contribution < -0.4 is 10.6 Å². The van der Waals surface area contributed by atoms with Crippen LogP contribution in [-0.4, -0.2) is 20.1 Å². The predicted octanol–water partition coefficient (Wildman–Crippen LogP) is 2.04. The SMILES string of the molecule is C=C(NC)C1(c2ccccc2)CCNCC1. The highest BCUT2D eigenvalue weighted by molar-refractivity contribution is 5.35. The summed E-state index contributed by atoms with van der Waals surface area (Å²) in [5.74, 6) is 0. The molecule has 1 aromatic rings. The molecule has 0 unspecified atom stereocenters. The highest BCUT2D eigenvalue weighted by atomic mass is 14.9. The van der Waals surface area contributed by atoms with E-state index in [2.05, 4.69) is 47.5 Å². The number of allylic oxidation sites excluding steroid dienone is 1. The highest BCUT2D eigenvalue weighted by Crippen LogP contribution is 2.38. The number of hydrogen-bond acceptors (Lipinski definition) is 2. The van der Waals surface area contributed by atoms with E-state index in [0.29, 0.717) is 0 Å². The van der Waals surface area contributed by atoms with Gasteiger partial charge >= 0.3 is 0 Å². The van der Waals surface area contributed by atoms with Crippen molar-refractivity contribution in [2.45, 2.75) is 18.3 Å². The van der Waals surface area contributed by atoms with Crippen molar-refractivity contribution >= 4 is 0 Å². The quantitative estimate of drug-likeness (QED) is 0.808. The molecule has 0 aromatic heterocycles. The second-order valence-electron chi connectivity index (χ2n) is 4.43. The Hall–Kier alpha value is -1.28. The summed E-state index contributed by atoms with van der Waals surface area (Å²) in [6, 6.07) is 10.7. The molecule has 2 heteroatoms. The molecule has 1 aromatic carbocycles. The molecule has 1 aliphatic rings. The Labute approximate surface area is 97.8 Å². The van der Waals surface area contributed by atoms with E-state index in [0.717, 1.165) is 31.6 Å². The smallest absolute Gasteiger partial charge is 0.0368 e. The van der Waals surface area contributed by atoms with Gasteiger partial charge in [0.25, 0.3) is 0 Å². The number of benzene rings is 1. The van der Waals surface area contributed by atoms with E-state index in [1.165, 1.54) is 5.56 Å². The number of likely N-dealkylation sites (N-methyl/N-ethyl adjacent to an activating group) is 1. The van der Waals surface area contributed by atoms with Crippen LogP contribution in [0.1, 0.15) is 18.4 Å². The Kier molecular flexibility index (Phi) is 3.30. The lowest BCUT2D eigenvalue weighted by Crippen LogP contribution is -2.43. The maximum atomic E-state index is 4.21. The molecule has 0 aliphatic carbocycles. The monoisotopic (exact) mass is 216 g/mol. The van der Waals surface area contributed by atoms with E-state index in [1.807, 2.05) is 7.05 Å². The first-order valence-electron chi connectivity index (χ1n) is 5.93. The summed E-state index contributed by atoms with van der Waals surface area (Å²) in [5.41, 5.74) is 2.64. The van der Waals surface area contributed by atoms with Crippen molar-refractivity contribution in [3.8, 4) is 0 Å². The van der Waals surface area contributed by atoms with Gasteiger partial charge in [-0.15, -0.1) is 0 Å². The molecule has 0 radical (unpaired) electrons. The summed E-state index contributed by atoms with van der Waals surface area (Å²) in [7, 11) is 1.97. The average Bonchev–Trinajstić information content (AvgIpc) is 2.39. The van der Waals surface area contributed by atoms with Crippen molar-refractivity contribution in [2.24, 2.45) is 0 Å². The fourth-order valence-corrected chi connectivity index (χ4v) is 2.61. The molecule has 1 heterocycles. The van der Waals surface area contributed by atoms with Crippen molar-refractivity contribution in [3.05, 3.63) is 48.2 Å². The van der Waals surface area contributed by atoms with Crippen LogP contribution in [-0.2, 0) is 5.41 Å². The van der Waals surface area contributed by atoms with Crippen LogP contribution in [0.2, 0.25) is 0 Å². The first-order valence-corrected chi connectivity index (χ1v) is 5.93. The lowest BCUT2D eigenvalue weighted by atomic mass is 9.71. The molecule has 1 saturated heterocycles. The second-order valence-corrected chi connectivity index (χ2v) is 4.43. The Balaban J connectivity index is 2.38. The van der Waals surface area contributed by atoms with Crippen LogP contribution in [0.4, 0.5) is 0 Å². The predicted molar refractivity (Wildman–Crippen MR) is 68.4 cm³/mol. The molecular formula is C14H20N2. The molecule has 1 fully saturated rings. The number of rotatable bonds is 3. The number of piperidine rings is 1. The van der Waals surface area contributed by atoms with E-state index in [-0.39, 0.29) is 5.41 Å². The number of nitrogens with one attached hydrogen (secondary N) is 2. The summed E-state index contributed by atoms with van der Waals surface area (Å²) < 4.78 is 0. The van der Waals surface area contributed by atoms with E-state index in [1.54, 1.807) is 0 Å². The van der Waals surface area contributed by atoms with Crippen molar-refractivity contribution < 1.29 is 0 Å². The minimum absolute atomic E-state index is 0.112. The third-order valence-corrected chi connectivity index (χ3v) is 3.66. The lowest BCUT2D eigenvalue weighted by Gasteiger charge is -2.39. The first-order chi connectivity index (χ1) is 7.79. The van der Waals surface area contributed by atoms with Crippen LogP contribution in [0.25, 0.3) is 0 Å².